The van der Waals surface area contributed by atoms with Gasteiger partial charge in [0.05, 0.1) is 21.1 Å². The van der Waals surface area contributed by atoms with Gasteiger partial charge >= 0.3 is 0 Å². The van der Waals surface area contributed by atoms with E-state index in [1.807, 2.05) is 6.08 Å². The molecule has 0 radical (unpaired) electrons. The Morgan fingerprint density at radius 1 is 1.64 bits per heavy atom. The molecule has 2 rings (SSSR count). The SMILES string of the molecule is CCC1C=c2c(c(Br)cn(C)c2=O)=N1. The fraction of sp³-hybridized carbons (Fsp3) is 0.400. The number of aromatic nitrogens is 1. The van der Waals surface area contributed by atoms with E-state index in [1.165, 1.54) is 0 Å². The molecule has 1 atom stereocenters. The van der Waals surface area contributed by atoms with Gasteiger partial charge < -0.3 is 4.57 Å². The lowest BCUT2D eigenvalue weighted by Gasteiger charge is -1.96. The molecule has 0 fully saturated rings. The van der Waals surface area contributed by atoms with Crippen LogP contribution in [-0.4, -0.2) is 10.6 Å². The van der Waals surface area contributed by atoms with Gasteiger partial charge in [-0.3, -0.25) is 9.79 Å². The molecule has 1 aromatic rings. The van der Waals surface area contributed by atoms with Crippen LogP contribution in [0.4, 0.5) is 0 Å². The Morgan fingerprint density at radius 2 is 2.36 bits per heavy atom. The van der Waals surface area contributed by atoms with Crippen LogP contribution in [0, 0.1) is 0 Å². The molecule has 0 bridgehead atoms. The number of nitrogens with zero attached hydrogens (tertiary/aromatic N) is 2. The summed E-state index contributed by atoms with van der Waals surface area (Å²) in [6.07, 6.45) is 4.64. The average Bonchev–Trinajstić information content (AvgIpc) is 2.58. The third-order valence-corrected chi connectivity index (χ3v) is 2.99. The molecule has 0 saturated carbocycles. The summed E-state index contributed by atoms with van der Waals surface area (Å²) >= 11 is 3.42. The van der Waals surface area contributed by atoms with Gasteiger partial charge in [-0.1, -0.05) is 6.92 Å². The second-order valence-corrected chi connectivity index (χ2v) is 4.28. The van der Waals surface area contributed by atoms with Crippen molar-refractivity contribution in [3.05, 3.63) is 31.6 Å². The van der Waals surface area contributed by atoms with Crippen LogP contribution in [0.5, 0.6) is 0 Å². The van der Waals surface area contributed by atoms with Crippen molar-refractivity contribution in [2.24, 2.45) is 12.0 Å². The van der Waals surface area contributed by atoms with E-state index in [-0.39, 0.29) is 11.6 Å². The van der Waals surface area contributed by atoms with Crippen LogP contribution in [0.3, 0.4) is 0 Å². The van der Waals surface area contributed by atoms with Crippen molar-refractivity contribution in [2.45, 2.75) is 19.4 Å². The van der Waals surface area contributed by atoms with Gasteiger partial charge in [0.2, 0.25) is 0 Å². The molecule has 3 nitrogen and oxygen atoms in total. The minimum atomic E-state index is 0.0305. The normalized spacial score (nSPS) is 18.6. The first-order chi connectivity index (χ1) is 6.63. The van der Waals surface area contributed by atoms with Crippen LogP contribution in [0.15, 0.2) is 20.5 Å². The summed E-state index contributed by atoms with van der Waals surface area (Å²) < 4.78 is 2.47. The summed E-state index contributed by atoms with van der Waals surface area (Å²) in [5.74, 6) is 0. The quantitative estimate of drug-likeness (QED) is 0.712. The van der Waals surface area contributed by atoms with Crippen molar-refractivity contribution in [1.82, 2.24) is 4.57 Å². The van der Waals surface area contributed by atoms with Crippen LogP contribution in [0.1, 0.15) is 13.3 Å². The van der Waals surface area contributed by atoms with E-state index in [2.05, 4.69) is 27.8 Å². The summed E-state index contributed by atoms with van der Waals surface area (Å²) in [5, 5.41) is 1.54. The summed E-state index contributed by atoms with van der Waals surface area (Å²) in [6, 6.07) is 0.163. The highest BCUT2D eigenvalue weighted by molar-refractivity contribution is 9.10. The van der Waals surface area contributed by atoms with Crippen LogP contribution >= 0.6 is 15.9 Å². The van der Waals surface area contributed by atoms with Gasteiger partial charge in [0.25, 0.3) is 5.56 Å². The Kier molecular flexibility index (Phi) is 2.31. The molecule has 0 aliphatic carbocycles. The van der Waals surface area contributed by atoms with Crippen molar-refractivity contribution in [1.29, 1.82) is 0 Å². The predicted molar refractivity (Wildman–Crippen MR) is 58.7 cm³/mol. The van der Waals surface area contributed by atoms with Crippen LogP contribution in [-0.2, 0) is 7.05 Å². The number of aryl methyl sites for hydroxylation is 1. The van der Waals surface area contributed by atoms with Crippen LogP contribution in [0.25, 0.3) is 6.08 Å². The molecule has 0 aromatic carbocycles. The van der Waals surface area contributed by atoms with Crippen molar-refractivity contribution in [3.8, 4) is 0 Å². The maximum absolute atomic E-state index is 11.7. The lowest BCUT2D eigenvalue weighted by atomic mass is 10.2. The van der Waals surface area contributed by atoms with Crippen LogP contribution < -0.4 is 16.1 Å². The molecule has 1 unspecified atom stereocenters. The van der Waals surface area contributed by atoms with Gasteiger partial charge in [0.1, 0.15) is 0 Å². The molecule has 0 saturated heterocycles. The molecule has 0 N–H and O–H groups in total. The molecule has 14 heavy (non-hydrogen) atoms. The molecule has 1 aliphatic heterocycles. The summed E-state index contributed by atoms with van der Waals surface area (Å²) in [6.45, 7) is 2.06. The first kappa shape index (κ1) is 9.65. The Bertz CT molecular complexity index is 544. The average molecular weight is 255 g/mol. The Balaban J connectivity index is 2.87. The molecule has 0 amide bonds. The first-order valence-electron chi connectivity index (χ1n) is 4.58. The van der Waals surface area contributed by atoms with E-state index < -0.39 is 0 Å². The van der Waals surface area contributed by atoms with E-state index >= 15 is 0 Å². The minimum absolute atomic E-state index is 0.0305. The number of halogens is 1. The fourth-order valence-electron chi connectivity index (χ4n) is 1.60. The smallest absolute Gasteiger partial charge is 0.259 e. The monoisotopic (exact) mass is 254 g/mol. The van der Waals surface area contributed by atoms with Gasteiger partial charge in [0.15, 0.2) is 0 Å². The molecular weight excluding hydrogens is 244 g/mol. The first-order valence-corrected chi connectivity index (χ1v) is 5.37. The molecule has 1 aromatic heterocycles. The number of pyridine rings is 1. The highest BCUT2D eigenvalue weighted by Crippen LogP contribution is 2.04. The van der Waals surface area contributed by atoms with Crippen molar-refractivity contribution < 1.29 is 0 Å². The van der Waals surface area contributed by atoms with E-state index in [0.29, 0.717) is 0 Å². The van der Waals surface area contributed by atoms with Crippen LogP contribution in [0.2, 0.25) is 0 Å². The zero-order valence-corrected chi connectivity index (χ0v) is 9.71. The summed E-state index contributed by atoms with van der Waals surface area (Å²) in [7, 11) is 1.75. The Labute approximate surface area is 89.9 Å². The van der Waals surface area contributed by atoms with Crippen molar-refractivity contribution in [2.75, 3.05) is 0 Å². The van der Waals surface area contributed by atoms with Crippen molar-refractivity contribution >= 4 is 22.0 Å². The number of hydrogen-bond donors (Lipinski definition) is 0. The lowest BCUT2D eigenvalue weighted by molar-refractivity contribution is 0.805. The third-order valence-electron chi connectivity index (χ3n) is 2.41. The Hall–Kier alpha value is -0.900. The van der Waals surface area contributed by atoms with E-state index in [1.54, 1.807) is 17.8 Å². The molecule has 2 heterocycles. The van der Waals surface area contributed by atoms with E-state index in [0.717, 1.165) is 21.5 Å². The van der Waals surface area contributed by atoms with E-state index in [9.17, 15) is 4.79 Å². The topological polar surface area (TPSA) is 34.4 Å². The minimum Gasteiger partial charge on any atom is -0.317 e. The number of fused-ring (bicyclic) bond motifs is 1. The molecule has 4 heteroatoms. The molecule has 1 aliphatic rings. The standard InChI is InChI=1S/C10H11BrN2O/c1-3-6-4-7-9(12-6)8(11)5-13(2)10(7)14/h4-6H,3H2,1-2H3. The second-order valence-electron chi connectivity index (χ2n) is 3.43. The summed E-state index contributed by atoms with van der Waals surface area (Å²) in [4.78, 5) is 16.2. The zero-order valence-electron chi connectivity index (χ0n) is 8.12. The maximum atomic E-state index is 11.7. The fourth-order valence-corrected chi connectivity index (χ4v) is 2.22. The van der Waals surface area contributed by atoms with Gasteiger partial charge in [-0.05, 0) is 28.4 Å². The van der Waals surface area contributed by atoms with Gasteiger partial charge in [0, 0.05) is 13.2 Å². The third kappa shape index (κ3) is 1.34. The summed E-state index contributed by atoms with van der Waals surface area (Å²) in [5.41, 5.74) is 0.0305. The predicted octanol–water partition coefficient (Wildman–Crippen LogP) is 0.340. The largest absolute Gasteiger partial charge is 0.317 e. The highest BCUT2D eigenvalue weighted by atomic mass is 79.9. The number of rotatable bonds is 1. The molecule has 74 valence electrons. The van der Waals surface area contributed by atoms with Gasteiger partial charge in [-0.2, -0.15) is 0 Å². The lowest BCUT2D eigenvalue weighted by Crippen LogP contribution is -2.42. The molecule has 0 spiro atoms. The second kappa shape index (κ2) is 3.35. The van der Waals surface area contributed by atoms with Crippen molar-refractivity contribution in [3.63, 3.8) is 0 Å². The number of hydrogen-bond acceptors (Lipinski definition) is 2. The van der Waals surface area contributed by atoms with Gasteiger partial charge in [-0.15, -0.1) is 0 Å². The molecular formula is C10H11BrN2O. The van der Waals surface area contributed by atoms with E-state index in [4.69, 9.17) is 0 Å². The van der Waals surface area contributed by atoms with Gasteiger partial charge in [-0.25, -0.2) is 0 Å². The maximum Gasteiger partial charge on any atom is 0.259 e. The zero-order chi connectivity index (χ0) is 10.3. The Morgan fingerprint density at radius 3 is 3.00 bits per heavy atom. The highest BCUT2D eigenvalue weighted by Gasteiger charge is 2.11.